The van der Waals surface area contributed by atoms with Crippen molar-refractivity contribution in [2.45, 2.75) is 58.6 Å². The van der Waals surface area contributed by atoms with Gasteiger partial charge in [-0.3, -0.25) is 0 Å². The van der Waals surface area contributed by atoms with E-state index in [0.29, 0.717) is 12.0 Å². The maximum absolute atomic E-state index is 6.20. The fourth-order valence-corrected chi connectivity index (χ4v) is 2.85. The highest BCUT2D eigenvalue weighted by Crippen LogP contribution is 2.28. The molecule has 0 spiro atoms. The Morgan fingerprint density at radius 3 is 2.70 bits per heavy atom. The molecule has 0 bridgehead atoms. The smallest absolute Gasteiger partial charge is 0.124 e. The first-order valence-electron chi connectivity index (χ1n) is 7.81. The summed E-state index contributed by atoms with van der Waals surface area (Å²) in [5.74, 6) is 1.65. The first-order valence-corrected chi connectivity index (χ1v) is 8.18. The zero-order chi connectivity index (χ0) is 14.4. The van der Waals surface area contributed by atoms with E-state index < -0.39 is 0 Å². The van der Waals surface area contributed by atoms with Gasteiger partial charge in [-0.25, -0.2) is 0 Å². The summed E-state index contributed by atoms with van der Waals surface area (Å²) in [6, 6.07) is 5.96. The molecule has 1 aromatic carbocycles. The summed E-state index contributed by atoms with van der Waals surface area (Å²) >= 11 is 6.12. The van der Waals surface area contributed by atoms with Crippen LogP contribution in [0.2, 0.25) is 5.02 Å². The van der Waals surface area contributed by atoms with Crippen molar-refractivity contribution in [3.63, 3.8) is 0 Å². The Bertz CT molecular complexity index is 413. The Kier molecular flexibility index (Phi) is 6.18. The molecular formula is C17H26ClNO. The van der Waals surface area contributed by atoms with Gasteiger partial charge >= 0.3 is 0 Å². The van der Waals surface area contributed by atoms with Crippen molar-refractivity contribution in [2.75, 3.05) is 6.54 Å². The van der Waals surface area contributed by atoms with Gasteiger partial charge in [0.2, 0.25) is 0 Å². The molecule has 0 radical (unpaired) electrons. The van der Waals surface area contributed by atoms with Crippen LogP contribution in [0, 0.1) is 5.92 Å². The van der Waals surface area contributed by atoms with Crippen molar-refractivity contribution in [3.05, 3.63) is 28.8 Å². The molecule has 0 unspecified atom stereocenters. The van der Waals surface area contributed by atoms with Gasteiger partial charge < -0.3 is 10.1 Å². The van der Waals surface area contributed by atoms with Crippen LogP contribution >= 0.6 is 11.6 Å². The summed E-state index contributed by atoms with van der Waals surface area (Å²) < 4.78 is 6.20. The second kappa shape index (κ2) is 7.90. The van der Waals surface area contributed by atoms with E-state index in [1.807, 2.05) is 18.2 Å². The number of hydrogen-bond acceptors (Lipinski definition) is 2. The lowest BCUT2D eigenvalue weighted by Crippen LogP contribution is -2.22. The van der Waals surface area contributed by atoms with Gasteiger partial charge in [0.05, 0.1) is 6.10 Å². The Morgan fingerprint density at radius 2 is 2.00 bits per heavy atom. The summed E-state index contributed by atoms with van der Waals surface area (Å²) in [5.41, 5.74) is 1.17. The van der Waals surface area contributed by atoms with Crippen molar-refractivity contribution in [2.24, 2.45) is 5.92 Å². The summed E-state index contributed by atoms with van der Waals surface area (Å²) in [4.78, 5) is 0. The predicted molar refractivity (Wildman–Crippen MR) is 85.5 cm³/mol. The fourth-order valence-electron chi connectivity index (χ4n) is 2.66. The topological polar surface area (TPSA) is 21.3 Å². The SMILES string of the molecule is CC(C)CNCc1cc(Cl)ccc1OC1CCCCC1. The summed E-state index contributed by atoms with van der Waals surface area (Å²) in [5, 5.41) is 4.25. The van der Waals surface area contributed by atoms with Crippen LogP contribution < -0.4 is 10.1 Å². The monoisotopic (exact) mass is 295 g/mol. The Morgan fingerprint density at radius 1 is 1.25 bits per heavy atom. The molecule has 0 aliphatic heterocycles. The fraction of sp³-hybridized carbons (Fsp3) is 0.647. The first kappa shape index (κ1) is 15.7. The molecule has 3 heteroatoms. The minimum Gasteiger partial charge on any atom is -0.490 e. The summed E-state index contributed by atoms with van der Waals surface area (Å²) in [7, 11) is 0. The number of nitrogens with one attached hydrogen (secondary N) is 1. The van der Waals surface area contributed by atoms with Crippen molar-refractivity contribution in [1.29, 1.82) is 0 Å². The minimum atomic E-state index is 0.383. The van der Waals surface area contributed by atoms with Crippen LogP contribution in [-0.2, 0) is 6.54 Å². The largest absolute Gasteiger partial charge is 0.490 e. The molecule has 1 N–H and O–H groups in total. The third kappa shape index (κ3) is 4.99. The molecule has 0 heterocycles. The standard InChI is InChI=1S/C17H26ClNO/c1-13(2)11-19-12-14-10-15(18)8-9-17(14)20-16-6-4-3-5-7-16/h8-10,13,16,19H,3-7,11-12H2,1-2H3. The van der Waals surface area contributed by atoms with E-state index >= 15 is 0 Å². The highest BCUT2D eigenvalue weighted by Gasteiger charge is 2.16. The van der Waals surface area contributed by atoms with E-state index in [4.69, 9.17) is 16.3 Å². The van der Waals surface area contributed by atoms with E-state index in [1.165, 1.54) is 37.7 Å². The molecule has 1 fully saturated rings. The molecule has 0 aromatic heterocycles. The van der Waals surface area contributed by atoms with E-state index in [0.717, 1.165) is 23.9 Å². The number of halogens is 1. The van der Waals surface area contributed by atoms with Gasteiger partial charge in [-0.2, -0.15) is 0 Å². The van der Waals surface area contributed by atoms with Gasteiger partial charge in [0.1, 0.15) is 5.75 Å². The quantitative estimate of drug-likeness (QED) is 0.814. The lowest BCUT2D eigenvalue weighted by molar-refractivity contribution is 0.153. The lowest BCUT2D eigenvalue weighted by Gasteiger charge is -2.24. The molecule has 20 heavy (non-hydrogen) atoms. The van der Waals surface area contributed by atoms with Crippen molar-refractivity contribution in [1.82, 2.24) is 5.32 Å². The van der Waals surface area contributed by atoms with Crippen LogP contribution in [0.5, 0.6) is 5.75 Å². The van der Waals surface area contributed by atoms with E-state index in [-0.39, 0.29) is 0 Å². The summed E-state index contributed by atoms with van der Waals surface area (Å²) in [6.45, 7) is 6.25. The lowest BCUT2D eigenvalue weighted by atomic mass is 9.97. The molecule has 2 rings (SSSR count). The maximum atomic E-state index is 6.20. The maximum Gasteiger partial charge on any atom is 0.124 e. The third-order valence-electron chi connectivity index (χ3n) is 3.74. The van der Waals surface area contributed by atoms with Gasteiger partial charge in [0.25, 0.3) is 0 Å². The summed E-state index contributed by atoms with van der Waals surface area (Å²) in [6.07, 6.45) is 6.68. The molecule has 112 valence electrons. The predicted octanol–water partition coefficient (Wildman–Crippen LogP) is 4.80. The minimum absolute atomic E-state index is 0.383. The number of hydrogen-bond donors (Lipinski definition) is 1. The van der Waals surface area contributed by atoms with Crippen LogP contribution in [0.25, 0.3) is 0 Å². The van der Waals surface area contributed by atoms with Crippen LogP contribution in [0.1, 0.15) is 51.5 Å². The molecule has 1 saturated carbocycles. The normalized spacial score (nSPS) is 16.6. The zero-order valence-electron chi connectivity index (χ0n) is 12.6. The van der Waals surface area contributed by atoms with Crippen LogP contribution in [0.15, 0.2) is 18.2 Å². The molecule has 1 aliphatic rings. The molecule has 0 atom stereocenters. The van der Waals surface area contributed by atoms with E-state index in [9.17, 15) is 0 Å². The number of benzene rings is 1. The van der Waals surface area contributed by atoms with Crippen LogP contribution in [0.3, 0.4) is 0 Å². The van der Waals surface area contributed by atoms with Gasteiger partial charge in [0, 0.05) is 17.1 Å². The second-order valence-electron chi connectivity index (χ2n) is 6.15. The molecule has 0 saturated heterocycles. The van der Waals surface area contributed by atoms with E-state index in [2.05, 4.69) is 19.2 Å². The van der Waals surface area contributed by atoms with Gasteiger partial charge in [-0.15, -0.1) is 0 Å². The second-order valence-corrected chi connectivity index (χ2v) is 6.59. The number of ether oxygens (including phenoxy) is 1. The highest BCUT2D eigenvalue weighted by atomic mass is 35.5. The van der Waals surface area contributed by atoms with Gasteiger partial charge in [0.15, 0.2) is 0 Å². The average molecular weight is 296 g/mol. The van der Waals surface area contributed by atoms with Crippen molar-refractivity contribution in [3.8, 4) is 5.75 Å². The van der Waals surface area contributed by atoms with Crippen molar-refractivity contribution < 1.29 is 4.74 Å². The molecule has 1 aromatic rings. The number of rotatable bonds is 6. The Hall–Kier alpha value is -0.730. The Labute approximate surface area is 127 Å². The van der Waals surface area contributed by atoms with Gasteiger partial charge in [-0.05, 0) is 56.3 Å². The highest BCUT2D eigenvalue weighted by molar-refractivity contribution is 6.30. The van der Waals surface area contributed by atoms with Gasteiger partial charge in [-0.1, -0.05) is 31.9 Å². The van der Waals surface area contributed by atoms with Crippen molar-refractivity contribution >= 4 is 11.6 Å². The average Bonchev–Trinajstić information content (AvgIpc) is 2.42. The zero-order valence-corrected chi connectivity index (χ0v) is 13.4. The van der Waals surface area contributed by atoms with E-state index in [1.54, 1.807) is 0 Å². The molecule has 2 nitrogen and oxygen atoms in total. The van der Waals surface area contributed by atoms with Crippen LogP contribution in [0.4, 0.5) is 0 Å². The molecular weight excluding hydrogens is 270 g/mol. The third-order valence-corrected chi connectivity index (χ3v) is 3.97. The molecule has 1 aliphatic carbocycles. The van der Waals surface area contributed by atoms with Crippen LogP contribution in [-0.4, -0.2) is 12.6 Å². The molecule has 0 amide bonds. The Balaban J connectivity index is 1.98. The first-order chi connectivity index (χ1) is 9.65.